The average Bonchev–Trinajstić information content (AvgIpc) is 2.67. The molecule has 0 radical (unpaired) electrons. The standard InChI is InChI=1S/C12H23N3/c1-3-5-6-8-12-14-9-11(15-12)10(13)7-4-2/h9-10H,3-8,13H2,1-2H3,(H,14,15). The highest BCUT2D eigenvalue weighted by atomic mass is 14.9. The molecule has 1 unspecified atom stereocenters. The molecule has 3 nitrogen and oxygen atoms in total. The van der Waals surface area contributed by atoms with Gasteiger partial charge in [-0.1, -0.05) is 33.1 Å². The van der Waals surface area contributed by atoms with Crippen LogP contribution in [0, 0.1) is 0 Å². The van der Waals surface area contributed by atoms with Crippen LogP contribution in [-0.2, 0) is 6.42 Å². The van der Waals surface area contributed by atoms with E-state index in [0.29, 0.717) is 0 Å². The largest absolute Gasteiger partial charge is 0.345 e. The lowest BCUT2D eigenvalue weighted by atomic mass is 10.1. The highest BCUT2D eigenvalue weighted by Gasteiger charge is 2.07. The van der Waals surface area contributed by atoms with Crippen molar-refractivity contribution in [3.63, 3.8) is 0 Å². The van der Waals surface area contributed by atoms with Crippen LogP contribution in [0.2, 0.25) is 0 Å². The number of aromatic nitrogens is 2. The van der Waals surface area contributed by atoms with Crippen molar-refractivity contribution >= 4 is 0 Å². The minimum atomic E-state index is 0.127. The van der Waals surface area contributed by atoms with Crippen molar-refractivity contribution in [2.45, 2.75) is 58.4 Å². The second-order valence-electron chi connectivity index (χ2n) is 4.14. The number of aryl methyl sites for hydroxylation is 1. The third-order valence-corrected chi connectivity index (χ3v) is 2.66. The van der Waals surface area contributed by atoms with Gasteiger partial charge in [-0.2, -0.15) is 0 Å². The molecule has 3 heteroatoms. The summed E-state index contributed by atoms with van der Waals surface area (Å²) in [4.78, 5) is 7.68. The molecule has 0 aromatic carbocycles. The lowest BCUT2D eigenvalue weighted by molar-refractivity contribution is 0.621. The molecule has 0 aliphatic heterocycles. The van der Waals surface area contributed by atoms with Gasteiger partial charge in [0.05, 0.1) is 5.69 Å². The molecular formula is C12H23N3. The summed E-state index contributed by atoms with van der Waals surface area (Å²) in [7, 11) is 0. The van der Waals surface area contributed by atoms with Crippen LogP contribution in [0.3, 0.4) is 0 Å². The molecule has 0 aliphatic carbocycles. The Bertz CT molecular complexity index is 268. The lowest BCUT2D eigenvalue weighted by Crippen LogP contribution is -2.10. The van der Waals surface area contributed by atoms with Gasteiger partial charge in [-0.15, -0.1) is 0 Å². The van der Waals surface area contributed by atoms with E-state index in [0.717, 1.165) is 30.8 Å². The molecule has 3 N–H and O–H groups in total. The van der Waals surface area contributed by atoms with E-state index in [4.69, 9.17) is 5.73 Å². The number of rotatable bonds is 7. The van der Waals surface area contributed by atoms with Crippen molar-refractivity contribution in [3.8, 4) is 0 Å². The SMILES string of the molecule is CCCCCc1ncc(C(N)CCC)[nH]1. The molecule has 86 valence electrons. The van der Waals surface area contributed by atoms with Crippen molar-refractivity contribution in [2.24, 2.45) is 5.73 Å². The Labute approximate surface area is 92.5 Å². The van der Waals surface area contributed by atoms with E-state index in [9.17, 15) is 0 Å². The van der Waals surface area contributed by atoms with E-state index in [2.05, 4.69) is 23.8 Å². The predicted molar refractivity (Wildman–Crippen MR) is 63.7 cm³/mol. The number of hydrogen-bond donors (Lipinski definition) is 2. The number of unbranched alkanes of at least 4 members (excludes halogenated alkanes) is 2. The topological polar surface area (TPSA) is 54.7 Å². The van der Waals surface area contributed by atoms with Gasteiger partial charge in [-0.25, -0.2) is 4.98 Å². The summed E-state index contributed by atoms with van der Waals surface area (Å²) in [5.74, 6) is 1.09. The fourth-order valence-corrected chi connectivity index (χ4v) is 1.70. The monoisotopic (exact) mass is 209 g/mol. The van der Waals surface area contributed by atoms with Crippen molar-refractivity contribution in [3.05, 3.63) is 17.7 Å². The molecule has 0 aliphatic rings. The first-order valence-electron chi connectivity index (χ1n) is 6.07. The van der Waals surface area contributed by atoms with Crippen LogP contribution in [0.1, 0.15) is 63.5 Å². The Morgan fingerprint density at radius 1 is 1.33 bits per heavy atom. The van der Waals surface area contributed by atoms with Crippen LogP contribution >= 0.6 is 0 Å². The van der Waals surface area contributed by atoms with Crippen molar-refractivity contribution in [1.82, 2.24) is 9.97 Å². The van der Waals surface area contributed by atoms with Gasteiger partial charge >= 0.3 is 0 Å². The molecule has 0 spiro atoms. The summed E-state index contributed by atoms with van der Waals surface area (Å²) >= 11 is 0. The number of imidazole rings is 1. The number of hydrogen-bond acceptors (Lipinski definition) is 2. The van der Waals surface area contributed by atoms with E-state index in [1.54, 1.807) is 0 Å². The summed E-state index contributed by atoms with van der Waals surface area (Å²) < 4.78 is 0. The Balaban J connectivity index is 2.41. The Morgan fingerprint density at radius 3 is 2.80 bits per heavy atom. The number of nitrogens with zero attached hydrogens (tertiary/aromatic N) is 1. The third kappa shape index (κ3) is 4.04. The lowest BCUT2D eigenvalue weighted by Gasteiger charge is -2.06. The van der Waals surface area contributed by atoms with Crippen molar-refractivity contribution in [2.75, 3.05) is 0 Å². The van der Waals surface area contributed by atoms with Crippen LogP contribution in [0.5, 0.6) is 0 Å². The molecule has 1 rings (SSSR count). The van der Waals surface area contributed by atoms with Gasteiger partial charge in [0, 0.05) is 18.7 Å². The van der Waals surface area contributed by atoms with Crippen LogP contribution in [-0.4, -0.2) is 9.97 Å². The zero-order valence-electron chi connectivity index (χ0n) is 9.92. The molecular weight excluding hydrogens is 186 g/mol. The normalized spacial score (nSPS) is 13.0. The fraction of sp³-hybridized carbons (Fsp3) is 0.750. The van der Waals surface area contributed by atoms with Crippen molar-refractivity contribution in [1.29, 1.82) is 0 Å². The maximum atomic E-state index is 6.00. The molecule has 0 bridgehead atoms. The zero-order chi connectivity index (χ0) is 11.1. The summed E-state index contributed by atoms with van der Waals surface area (Å²) in [5.41, 5.74) is 7.09. The maximum Gasteiger partial charge on any atom is 0.106 e. The summed E-state index contributed by atoms with van der Waals surface area (Å²) in [6.45, 7) is 4.36. The van der Waals surface area contributed by atoms with Gasteiger partial charge < -0.3 is 10.7 Å². The third-order valence-electron chi connectivity index (χ3n) is 2.66. The first-order chi connectivity index (χ1) is 7.27. The fourth-order valence-electron chi connectivity index (χ4n) is 1.70. The van der Waals surface area contributed by atoms with E-state index in [1.165, 1.54) is 19.3 Å². The quantitative estimate of drug-likeness (QED) is 0.678. The highest BCUT2D eigenvalue weighted by molar-refractivity contribution is 5.06. The summed E-state index contributed by atoms with van der Waals surface area (Å²) in [5, 5.41) is 0. The Kier molecular flexibility index (Phi) is 5.40. The summed E-state index contributed by atoms with van der Waals surface area (Å²) in [6.07, 6.45) is 8.82. The molecule has 1 aromatic rings. The van der Waals surface area contributed by atoms with Gasteiger partial charge in [-0.3, -0.25) is 0 Å². The van der Waals surface area contributed by atoms with E-state index in [-0.39, 0.29) is 6.04 Å². The van der Waals surface area contributed by atoms with E-state index < -0.39 is 0 Å². The number of H-pyrrole nitrogens is 1. The average molecular weight is 209 g/mol. The van der Waals surface area contributed by atoms with Gasteiger partial charge in [0.1, 0.15) is 5.82 Å². The first-order valence-corrected chi connectivity index (χ1v) is 6.07. The Hall–Kier alpha value is -0.830. The Morgan fingerprint density at radius 2 is 2.13 bits per heavy atom. The smallest absolute Gasteiger partial charge is 0.106 e. The molecule has 0 saturated heterocycles. The van der Waals surface area contributed by atoms with E-state index >= 15 is 0 Å². The second-order valence-corrected chi connectivity index (χ2v) is 4.14. The first kappa shape index (κ1) is 12.2. The van der Waals surface area contributed by atoms with Gasteiger partial charge in [0.15, 0.2) is 0 Å². The van der Waals surface area contributed by atoms with E-state index in [1.807, 2.05) is 6.20 Å². The van der Waals surface area contributed by atoms with Crippen LogP contribution in [0.15, 0.2) is 6.20 Å². The molecule has 15 heavy (non-hydrogen) atoms. The minimum Gasteiger partial charge on any atom is -0.345 e. The molecule has 0 fully saturated rings. The number of nitrogens with two attached hydrogens (primary N) is 1. The maximum absolute atomic E-state index is 6.00. The predicted octanol–water partition coefficient (Wildman–Crippen LogP) is 2.94. The number of aromatic amines is 1. The van der Waals surface area contributed by atoms with Gasteiger partial charge in [-0.05, 0) is 12.8 Å². The van der Waals surface area contributed by atoms with Gasteiger partial charge in [0.2, 0.25) is 0 Å². The molecule has 0 saturated carbocycles. The summed E-state index contributed by atoms with van der Waals surface area (Å²) in [6, 6.07) is 0.127. The second kappa shape index (κ2) is 6.62. The van der Waals surface area contributed by atoms with Crippen molar-refractivity contribution < 1.29 is 0 Å². The minimum absolute atomic E-state index is 0.127. The zero-order valence-corrected chi connectivity index (χ0v) is 9.92. The molecule has 1 aromatic heterocycles. The van der Waals surface area contributed by atoms with Crippen LogP contribution in [0.25, 0.3) is 0 Å². The molecule has 1 atom stereocenters. The van der Waals surface area contributed by atoms with Crippen LogP contribution < -0.4 is 5.73 Å². The van der Waals surface area contributed by atoms with Gasteiger partial charge in [0.25, 0.3) is 0 Å². The molecule has 0 amide bonds. The highest BCUT2D eigenvalue weighted by Crippen LogP contribution is 2.14. The molecule has 1 heterocycles. The van der Waals surface area contributed by atoms with Crippen LogP contribution in [0.4, 0.5) is 0 Å². The number of nitrogens with one attached hydrogen (secondary N) is 1.